The van der Waals surface area contributed by atoms with Crippen LogP contribution in [0.3, 0.4) is 0 Å². The van der Waals surface area contributed by atoms with E-state index in [1.807, 2.05) is 6.07 Å². The van der Waals surface area contributed by atoms with E-state index in [-0.39, 0.29) is 18.2 Å². The van der Waals surface area contributed by atoms with E-state index in [4.69, 9.17) is 28.4 Å². The number of rotatable bonds is 2. The van der Waals surface area contributed by atoms with Gasteiger partial charge >= 0.3 is 0 Å². The first-order valence-electron chi connectivity index (χ1n) is 6.19. The Balaban J connectivity index is 2.06. The zero-order chi connectivity index (χ0) is 15.0. The third-order valence-electron chi connectivity index (χ3n) is 3.38. The smallest absolute Gasteiger partial charge is 0.281 e. The van der Waals surface area contributed by atoms with Gasteiger partial charge in [0.1, 0.15) is 0 Å². The summed E-state index contributed by atoms with van der Waals surface area (Å²) in [7, 11) is 0. The Bertz CT molecular complexity index is 739. The molecule has 1 aliphatic heterocycles. The molecule has 2 aromatic carbocycles. The summed E-state index contributed by atoms with van der Waals surface area (Å²) < 4.78 is 0. The SMILES string of the molecule is O=C1/C(=N\O)c2ccccc2N1Cc1c(Cl)cccc1Cl. The highest BCUT2D eigenvalue weighted by molar-refractivity contribution is 6.54. The van der Waals surface area contributed by atoms with Gasteiger partial charge in [0, 0.05) is 21.2 Å². The lowest BCUT2D eigenvalue weighted by Gasteiger charge is -2.18. The van der Waals surface area contributed by atoms with E-state index in [9.17, 15) is 4.79 Å². The standard InChI is InChI=1S/C15H10Cl2N2O2/c16-11-5-3-6-12(17)10(11)8-19-13-7-2-1-4-9(13)14(18-21)15(19)20/h1-7,21H,8H2/b18-14-. The van der Waals surface area contributed by atoms with Gasteiger partial charge in [-0.25, -0.2) is 0 Å². The van der Waals surface area contributed by atoms with Gasteiger partial charge in [0.2, 0.25) is 0 Å². The van der Waals surface area contributed by atoms with Crippen LogP contribution in [0.15, 0.2) is 47.6 Å². The van der Waals surface area contributed by atoms with Crippen molar-refractivity contribution < 1.29 is 10.0 Å². The maximum atomic E-state index is 12.4. The first-order chi connectivity index (χ1) is 10.1. The number of carbonyl (C=O) groups excluding carboxylic acids is 1. The van der Waals surface area contributed by atoms with Gasteiger partial charge in [-0.15, -0.1) is 0 Å². The second-order valence-electron chi connectivity index (χ2n) is 4.56. The molecule has 0 aromatic heterocycles. The van der Waals surface area contributed by atoms with Crippen LogP contribution in [0.5, 0.6) is 0 Å². The van der Waals surface area contributed by atoms with Crippen molar-refractivity contribution in [3.63, 3.8) is 0 Å². The maximum absolute atomic E-state index is 12.4. The molecule has 1 amide bonds. The number of carbonyl (C=O) groups is 1. The van der Waals surface area contributed by atoms with Crippen LogP contribution in [-0.4, -0.2) is 16.8 Å². The van der Waals surface area contributed by atoms with E-state index in [1.165, 1.54) is 4.90 Å². The maximum Gasteiger partial charge on any atom is 0.281 e. The Labute approximate surface area is 131 Å². The Morgan fingerprint density at radius 1 is 1.05 bits per heavy atom. The first kappa shape index (κ1) is 13.9. The molecule has 0 bridgehead atoms. The fourth-order valence-electron chi connectivity index (χ4n) is 2.36. The van der Waals surface area contributed by atoms with Crippen molar-refractivity contribution in [1.82, 2.24) is 0 Å². The molecule has 0 aliphatic carbocycles. The minimum Gasteiger partial charge on any atom is -0.410 e. The van der Waals surface area contributed by atoms with Crippen molar-refractivity contribution in [1.29, 1.82) is 0 Å². The lowest BCUT2D eigenvalue weighted by atomic mass is 10.1. The summed E-state index contributed by atoms with van der Waals surface area (Å²) in [5.74, 6) is -0.380. The van der Waals surface area contributed by atoms with Gasteiger partial charge in [0.05, 0.1) is 12.2 Å². The number of halogens is 2. The molecule has 2 aromatic rings. The summed E-state index contributed by atoms with van der Waals surface area (Å²) in [6.45, 7) is 0.216. The summed E-state index contributed by atoms with van der Waals surface area (Å²) in [4.78, 5) is 13.9. The number of oxime groups is 1. The predicted molar refractivity (Wildman–Crippen MR) is 82.4 cm³/mol. The third kappa shape index (κ3) is 2.26. The van der Waals surface area contributed by atoms with E-state index in [2.05, 4.69) is 5.16 Å². The molecule has 0 saturated carbocycles. The fourth-order valence-corrected chi connectivity index (χ4v) is 2.87. The quantitative estimate of drug-likeness (QED) is 0.677. The monoisotopic (exact) mass is 320 g/mol. The van der Waals surface area contributed by atoms with E-state index < -0.39 is 0 Å². The van der Waals surface area contributed by atoms with Crippen LogP contribution >= 0.6 is 23.2 Å². The van der Waals surface area contributed by atoms with Crippen LogP contribution in [0.25, 0.3) is 0 Å². The Kier molecular flexibility index (Phi) is 3.57. The highest BCUT2D eigenvalue weighted by Gasteiger charge is 2.34. The number of hydrogen-bond donors (Lipinski definition) is 1. The molecule has 4 nitrogen and oxygen atoms in total. The first-order valence-corrected chi connectivity index (χ1v) is 6.95. The van der Waals surface area contributed by atoms with E-state index >= 15 is 0 Å². The molecule has 6 heteroatoms. The Morgan fingerprint density at radius 2 is 1.71 bits per heavy atom. The molecule has 1 aliphatic rings. The highest BCUT2D eigenvalue weighted by Crippen LogP contribution is 2.33. The van der Waals surface area contributed by atoms with Gasteiger partial charge in [-0.05, 0) is 18.2 Å². The molecule has 0 radical (unpaired) electrons. The number of para-hydroxylation sites is 1. The number of fused-ring (bicyclic) bond motifs is 1. The molecule has 0 spiro atoms. The highest BCUT2D eigenvalue weighted by atomic mass is 35.5. The fraction of sp³-hybridized carbons (Fsp3) is 0.0667. The molecule has 21 heavy (non-hydrogen) atoms. The minimum absolute atomic E-state index is 0.0220. The van der Waals surface area contributed by atoms with Gasteiger partial charge in [0.15, 0.2) is 5.71 Å². The predicted octanol–water partition coefficient (Wildman–Crippen LogP) is 3.72. The van der Waals surface area contributed by atoms with E-state index in [0.717, 1.165) is 0 Å². The number of hydrogen-bond acceptors (Lipinski definition) is 3. The van der Waals surface area contributed by atoms with E-state index in [0.29, 0.717) is 26.9 Å². The number of nitrogens with zero attached hydrogens (tertiary/aromatic N) is 2. The van der Waals surface area contributed by atoms with Crippen LogP contribution < -0.4 is 4.90 Å². The molecule has 1 heterocycles. The average Bonchev–Trinajstić information content (AvgIpc) is 2.75. The summed E-state index contributed by atoms with van der Waals surface area (Å²) in [5.41, 5.74) is 1.94. The minimum atomic E-state index is -0.380. The van der Waals surface area contributed by atoms with Crippen LogP contribution in [0, 0.1) is 0 Å². The van der Waals surface area contributed by atoms with Crippen molar-refractivity contribution >= 4 is 40.5 Å². The third-order valence-corrected chi connectivity index (χ3v) is 4.08. The summed E-state index contributed by atoms with van der Waals surface area (Å²) in [5, 5.41) is 13.1. The second-order valence-corrected chi connectivity index (χ2v) is 5.37. The molecule has 106 valence electrons. The zero-order valence-corrected chi connectivity index (χ0v) is 12.3. The van der Waals surface area contributed by atoms with Gasteiger partial charge in [-0.1, -0.05) is 52.6 Å². The molecular formula is C15H10Cl2N2O2. The molecule has 1 N–H and O–H groups in total. The van der Waals surface area contributed by atoms with Gasteiger partial charge in [-0.3, -0.25) is 4.79 Å². The summed E-state index contributed by atoms with van der Waals surface area (Å²) in [6, 6.07) is 12.3. The Morgan fingerprint density at radius 3 is 2.38 bits per heavy atom. The van der Waals surface area contributed by atoms with E-state index in [1.54, 1.807) is 36.4 Å². The molecule has 0 saturated heterocycles. The number of amides is 1. The van der Waals surface area contributed by atoms with Gasteiger partial charge < -0.3 is 10.1 Å². The second kappa shape index (κ2) is 5.39. The van der Waals surface area contributed by atoms with Gasteiger partial charge in [0.25, 0.3) is 5.91 Å². The number of benzene rings is 2. The summed E-state index contributed by atoms with van der Waals surface area (Å²) >= 11 is 12.3. The molecule has 0 unspecified atom stereocenters. The average molecular weight is 321 g/mol. The molecular weight excluding hydrogens is 311 g/mol. The van der Waals surface area contributed by atoms with Crippen molar-refractivity contribution in [2.45, 2.75) is 6.54 Å². The molecule has 3 rings (SSSR count). The normalized spacial score (nSPS) is 15.6. The lowest BCUT2D eigenvalue weighted by Crippen LogP contribution is -2.29. The van der Waals surface area contributed by atoms with Crippen molar-refractivity contribution in [2.75, 3.05) is 4.90 Å². The Hall–Kier alpha value is -2.04. The van der Waals surface area contributed by atoms with Crippen molar-refractivity contribution in [2.24, 2.45) is 5.16 Å². The summed E-state index contributed by atoms with van der Waals surface area (Å²) in [6.07, 6.45) is 0. The lowest BCUT2D eigenvalue weighted by molar-refractivity contribution is -0.112. The van der Waals surface area contributed by atoms with Crippen molar-refractivity contribution in [3.8, 4) is 0 Å². The van der Waals surface area contributed by atoms with Crippen LogP contribution in [0.1, 0.15) is 11.1 Å². The van der Waals surface area contributed by atoms with Crippen molar-refractivity contribution in [3.05, 3.63) is 63.6 Å². The molecule has 0 fully saturated rings. The van der Waals surface area contributed by atoms with Crippen LogP contribution in [0.4, 0.5) is 5.69 Å². The van der Waals surface area contributed by atoms with Crippen LogP contribution in [0.2, 0.25) is 10.0 Å². The van der Waals surface area contributed by atoms with Gasteiger partial charge in [-0.2, -0.15) is 0 Å². The number of anilines is 1. The molecule has 0 atom stereocenters. The topological polar surface area (TPSA) is 52.9 Å². The largest absolute Gasteiger partial charge is 0.410 e. The van der Waals surface area contributed by atoms with Crippen LogP contribution in [-0.2, 0) is 11.3 Å². The zero-order valence-electron chi connectivity index (χ0n) is 10.8.